The van der Waals surface area contributed by atoms with E-state index in [1.807, 2.05) is 24.3 Å². The molecule has 2 atom stereocenters. The number of carbonyl (C=O) groups is 2. The Morgan fingerprint density at radius 2 is 2.05 bits per heavy atom. The summed E-state index contributed by atoms with van der Waals surface area (Å²) in [7, 11) is 0. The van der Waals surface area contributed by atoms with E-state index in [4.69, 9.17) is 10.2 Å². The molecule has 0 aromatic heterocycles. The predicted octanol–water partition coefficient (Wildman–Crippen LogP) is -0.347. The van der Waals surface area contributed by atoms with Gasteiger partial charge >= 0.3 is 5.97 Å². The van der Waals surface area contributed by atoms with Crippen molar-refractivity contribution < 1.29 is 19.8 Å². The monoisotopic (exact) mass is 278 g/mol. The second-order valence-electron chi connectivity index (χ2n) is 4.84. The van der Waals surface area contributed by atoms with Gasteiger partial charge in [0.2, 0.25) is 5.91 Å². The fourth-order valence-electron chi connectivity index (χ4n) is 2.22. The number of aliphatic carboxylic acids is 1. The van der Waals surface area contributed by atoms with Crippen molar-refractivity contribution in [2.75, 3.05) is 6.54 Å². The maximum Gasteiger partial charge on any atom is 0.332 e. The summed E-state index contributed by atoms with van der Waals surface area (Å²) in [6, 6.07) is 7.63. The zero-order chi connectivity index (χ0) is 14.5. The number of aliphatic hydroxyl groups excluding tert-OH is 1. The lowest BCUT2D eigenvalue weighted by Gasteiger charge is -2.25. The van der Waals surface area contributed by atoms with Gasteiger partial charge in [-0.25, -0.2) is 4.79 Å². The molecule has 20 heavy (non-hydrogen) atoms. The van der Waals surface area contributed by atoms with Gasteiger partial charge in [-0.2, -0.15) is 0 Å². The van der Waals surface area contributed by atoms with Gasteiger partial charge in [-0.05, 0) is 17.5 Å². The van der Waals surface area contributed by atoms with Crippen molar-refractivity contribution in [3.8, 4) is 0 Å². The Morgan fingerprint density at radius 1 is 1.35 bits per heavy atom. The Labute approximate surface area is 116 Å². The Kier molecular flexibility index (Phi) is 4.70. The molecule has 0 bridgehead atoms. The Bertz CT molecular complexity index is 504. The van der Waals surface area contributed by atoms with E-state index in [1.165, 1.54) is 5.56 Å². The van der Waals surface area contributed by atoms with Gasteiger partial charge in [0.25, 0.3) is 0 Å². The Hall–Kier alpha value is -1.92. The number of hydrogen-bond donors (Lipinski definition) is 4. The first-order chi connectivity index (χ1) is 9.58. The number of fused-ring (bicyclic) bond motifs is 1. The quantitative estimate of drug-likeness (QED) is 0.590. The van der Waals surface area contributed by atoms with E-state index in [9.17, 15) is 9.59 Å². The fourth-order valence-corrected chi connectivity index (χ4v) is 2.22. The normalized spacial score (nSPS) is 18.9. The van der Waals surface area contributed by atoms with Gasteiger partial charge in [-0.3, -0.25) is 4.79 Å². The smallest absolute Gasteiger partial charge is 0.332 e. The van der Waals surface area contributed by atoms with Crippen LogP contribution in [0.25, 0.3) is 0 Å². The van der Waals surface area contributed by atoms with Gasteiger partial charge in [-0.1, -0.05) is 24.3 Å². The summed E-state index contributed by atoms with van der Waals surface area (Å²) in [4.78, 5) is 22.4. The molecular weight excluding hydrogens is 260 g/mol. The lowest BCUT2D eigenvalue weighted by atomic mass is 9.95. The molecule has 0 saturated carbocycles. The summed E-state index contributed by atoms with van der Waals surface area (Å²) in [5, 5.41) is 23.4. The van der Waals surface area contributed by atoms with Crippen LogP contribution in [0.5, 0.6) is 0 Å². The minimum Gasteiger partial charge on any atom is -0.479 e. The minimum atomic E-state index is -1.43. The summed E-state index contributed by atoms with van der Waals surface area (Å²) in [5.41, 5.74) is 2.34. The first-order valence-electron chi connectivity index (χ1n) is 6.56. The van der Waals surface area contributed by atoms with Crippen LogP contribution in [0.3, 0.4) is 0 Å². The van der Waals surface area contributed by atoms with Crippen LogP contribution >= 0.6 is 0 Å². The molecule has 0 aliphatic carbocycles. The summed E-state index contributed by atoms with van der Waals surface area (Å²) in [6.45, 7) is 0.790. The molecule has 0 unspecified atom stereocenters. The average Bonchev–Trinajstić information content (AvgIpc) is 2.46. The van der Waals surface area contributed by atoms with Crippen molar-refractivity contribution in [1.82, 2.24) is 10.6 Å². The van der Waals surface area contributed by atoms with E-state index in [2.05, 4.69) is 10.6 Å². The summed E-state index contributed by atoms with van der Waals surface area (Å²) >= 11 is 0. The number of carboxylic acid groups (broad SMARTS) is 1. The Balaban J connectivity index is 1.81. The molecule has 108 valence electrons. The second kappa shape index (κ2) is 6.49. The van der Waals surface area contributed by atoms with Crippen molar-refractivity contribution >= 4 is 11.9 Å². The standard InChI is InChI=1S/C14H18N2O4/c17-12(14(19)20)5-6-15-13(18)11-7-9-3-1-2-4-10(9)8-16-11/h1-4,11-12,16-17H,5-8H2,(H,15,18)(H,19,20)/t11-,12-/m0/s1. The van der Waals surface area contributed by atoms with Crippen molar-refractivity contribution in [3.63, 3.8) is 0 Å². The van der Waals surface area contributed by atoms with Gasteiger partial charge in [-0.15, -0.1) is 0 Å². The van der Waals surface area contributed by atoms with Crippen molar-refractivity contribution in [1.29, 1.82) is 0 Å². The molecule has 6 nitrogen and oxygen atoms in total. The Morgan fingerprint density at radius 3 is 2.75 bits per heavy atom. The molecule has 1 aliphatic heterocycles. The SMILES string of the molecule is O=C(NCC[C@H](O)C(=O)O)[C@@H]1Cc2ccccc2CN1. The van der Waals surface area contributed by atoms with Crippen LogP contribution in [0.15, 0.2) is 24.3 Å². The molecule has 0 spiro atoms. The lowest BCUT2D eigenvalue weighted by molar-refractivity contribution is -0.147. The molecule has 0 saturated heterocycles. The maximum absolute atomic E-state index is 12.0. The van der Waals surface area contributed by atoms with Crippen LogP contribution in [0.2, 0.25) is 0 Å². The first-order valence-corrected chi connectivity index (χ1v) is 6.56. The molecule has 1 aromatic rings. The predicted molar refractivity (Wildman–Crippen MR) is 72.0 cm³/mol. The number of hydrogen-bond acceptors (Lipinski definition) is 4. The highest BCUT2D eigenvalue weighted by molar-refractivity contribution is 5.82. The van der Waals surface area contributed by atoms with E-state index in [-0.39, 0.29) is 24.9 Å². The second-order valence-corrected chi connectivity index (χ2v) is 4.84. The molecule has 1 aromatic carbocycles. The average molecular weight is 278 g/mol. The molecule has 0 radical (unpaired) electrons. The molecule has 1 aliphatic rings. The number of carboxylic acids is 1. The molecule has 2 rings (SSSR count). The highest BCUT2D eigenvalue weighted by atomic mass is 16.4. The zero-order valence-corrected chi connectivity index (χ0v) is 11.0. The summed E-state index contributed by atoms with van der Waals surface area (Å²) < 4.78 is 0. The summed E-state index contributed by atoms with van der Waals surface area (Å²) in [6.07, 6.45) is -0.816. The van der Waals surface area contributed by atoms with E-state index >= 15 is 0 Å². The van der Waals surface area contributed by atoms with Crippen LogP contribution in [0.4, 0.5) is 0 Å². The van der Waals surface area contributed by atoms with E-state index in [0.717, 1.165) is 5.56 Å². The van der Waals surface area contributed by atoms with Crippen LogP contribution in [0.1, 0.15) is 17.5 Å². The molecular formula is C14H18N2O4. The summed E-state index contributed by atoms with van der Waals surface area (Å²) in [5.74, 6) is -1.44. The number of carbonyl (C=O) groups excluding carboxylic acids is 1. The van der Waals surface area contributed by atoms with Crippen LogP contribution in [0, 0.1) is 0 Å². The van der Waals surface area contributed by atoms with Gasteiger partial charge in [0.15, 0.2) is 6.10 Å². The topological polar surface area (TPSA) is 98.7 Å². The van der Waals surface area contributed by atoms with Gasteiger partial charge < -0.3 is 20.8 Å². The van der Waals surface area contributed by atoms with E-state index in [0.29, 0.717) is 13.0 Å². The molecule has 6 heteroatoms. The maximum atomic E-state index is 12.0. The highest BCUT2D eigenvalue weighted by Crippen LogP contribution is 2.16. The van der Waals surface area contributed by atoms with Gasteiger partial charge in [0, 0.05) is 19.5 Å². The third kappa shape index (κ3) is 3.55. The molecule has 1 heterocycles. The van der Waals surface area contributed by atoms with E-state index < -0.39 is 12.1 Å². The first kappa shape index (κ1) is 14.5. The number of nitrogens with one attached hydrogen (secondary N) is 2. The van der Waals surface area contributed by atoms with Gasteiger partial charge in [0.1, 0.15) is 0 Å². The highest BCUT2D eigenvalue weighted by Gasteiger charge is 2.23. The third-order valence-electron chi connectivity index (χ3n) is 3.40. The minimum absolute atomic E-state index is 0.00435. The number of rotatable bonds is 5. The molecule has 4 N–H and O–H groups in total. The molecule has 0 fully saturated rings. The van der Waals surface area contributed by atoms with Crippen molar-refractivity contribution in [3.05, 3.63) is 35.4 Å². The van der Waals surface area contributed by atoms with Crippen LogP contribution in [-0.4, -0.2) is 40.8 Å². The molecule has 1 amide bonds. The van der Waals surface area contributed by atoms with Crippen molar-refractivity contribution in [2.24, 2.45) is 0 Å². The zero-order valence-electron chi connectivity index (χ0n) is 11.0. The largest absolute Gasteiger partial charge is 0.479 e. The van der Waals surface area contributed by atoms with E-state index in [1.54, 1.807) is 0 Å². The number of aliphatic hydroxyl groups is 1. The number of amides is 1. The van der Waals surface area contributed by atoms with Crippen LogP contribution in [-0.2, 0) is 22.6 Å². The van der Waals surface area contributed by atoms with Crippen molar-refractivity contribution in [2.45, 2.75) is 31.5 Å². The van der Waals surface area contributed by atoms with Crippen LogP contribution < -0.4 is 10.6 Å². The third-order valence-corrected chi connectivity index (χ3v) is 3.40. The number of benzene rings is 1. The van der Waals surface area contributed by atoms with Gasteiger partial charge in [0.05, 0.1) is 6.04 Å². The fraction of sp³-hybridized carbons (Fsp3) is 0.429. The lowest BCUT2D eigenvalue weighted by Crippen LogP contribution is -2.48.